The van der Waals surface area contributed by atoms with Crippen LogP contribution in [0.5, 0.6) is 5.75 Å². The lowest BCUT2D eigenvalue weighted by molar-refractivity contribution is -0.151. The molecule has 0 saturated carbocycles. The van der Waals surface area contributed by atoms with Crippen molar-refractivity contribution in [2.24, 2.45) is 0 Å². The van der Waals surface area contributed by atoms with E-state index < -0.39 is 12.1 Å². The largest absolute Gasteiger partial charge is 0.489 e. The maximum absolute atomic E-state index is 12.0. The number of carbonyl (C=O) groups excluding carboxylic acids is 2. The van der Waals surface area contributed by atoms with Crippen LogP contribution in [0.2, 0.25) is 0 Å². The molecule has 1 aromatic heterocycles. The smallest absolute Gasteiger partial charge is 0.337 e. The van der Waals surface area contributed by atoms with Gasteiger partial charge in [-0.25, -0.2) is 4.79 Å². The number of rotatable bonds is 7. The highest BCUT2D eigenvalue weighted by atomic mass is 16.6. The molecule has 0 fully saturated rings. The standard InChI is InChI=1S/C25H28O6/c1-6-23(26)31-22(15-29-19-10-7-16(8-11-19)24(27)28-5)21-14-17-13-18(25(2,3)4)9-12-20(17)30-21/h7-14,22H,6,15H2,1-5H3. The predicted molar refractivity (Wildman–Crippen MR) is 117 cm³/mol. The molecule has 3 aromatic rings. The van der Waals surface area contributed by atoms with Crippen LogP contribution < -0.4 is 4.74 Å². The van der Waals surface area contributed by atoms with Crippen molar-refractivity contribution in [3.8, 4) is 5.75 Å². The molecular formula is C25H28O6. The molecule has 6 nitrogen and oxygen atoms in total. The Kier molecular flexibility index (Phi) is 6.68. The van der Waals surface area contributed by atoms with E-state index in [9.17, 15) is 9.59 Å². The first-order valence-corrected chi connectivity index (χ1v) is 10.3. The van der Waals surface area contributed by atoms with Crippen molar-refractivity contribution in [3.63, 3.8) is 0 Å². The van der Waals surface area contributed by atoms with Crippen molar-refractivity contribution in [3.05, 3.63) is 65.4 Å². The number of carbonyl (C=O) groups is 2. The monoisotopic (exact) mass is 424 g/mol. The van der Waals surface area contributed by atoms with Crippen molar-refractivity contribution in [2.75, 3.05) is 13.7 Å². The number of hydrogen-bond donors (Lipinski definition) is 0. The molecule has 1 unspecified atom stereocenters. The van der Waals surface area contributed by atoms with E-state index in [1.807, 2.05) is 18.2 Å². The van der Waals surface area contributed by atoms with Gasteiger partial charge in [0.1, 0.15) is 23.7 Å². The Bertz CT molecular complexity index is 1060. The summed E-state index contributed by atoms with van der Waals surface area (Å²) in [5, 5.41) is 0.947. The van der Waals surface area contributed by atoms with Crippen molar-refractivity contribution in [1.82, 2.24) is 0 Å². The summed E-state index contributed by atoms with van der Waals surface area (Å²) < 4.78 is 22.1. The predicted octanol–water partition coefficient (Wildman–Crippen LogP) is 5.59. The van der Waals surface area contributed by atoms with Crippen molar-refractivity contribution in [1.29, 1.82) is 0 Å². The number of benzene rings is 2. The summed E-state index contributed by atoms with van der Waals surface area (Å²) >= 11 is 0. The van der Waals surface area contributed by atoms with Crippen molar-refractivity contribution < 1.29 is 28.2 Å². The highest BCUT2D eigenvalue weighted by molar-refractivity contribution is 5.89. The first-order chi connectivity index (χ1) is 14.7. The molecule has 1 heterocycles. The van der Waals surface area contributed by atoms with E-state index in [0.717, 1.165) is 11.0 Å². The lowest BCUT2D eigenvalue weighted by atomic mass is 9.86. The Labute approximate surface area is 182 Å². The van der Waals surface area contributed by atoms with E-state index in [2.05, 4.69) is 26.8 Å². The van der Waals surface area contributed by atoms with Gasteiger partial charge in [0.25, 0.3) is 0 Å². The minimum atomic E-state index is -0.696. The first-order valence-electron chi connectivity index (χ1n) is 10.3. The Hall–Kier alpha value is -3.28. The van der Waals surface area contributed by atoms with E-state index in [0.29, 0.717) is 17.1 Å². The van der Waals surface area contributed by atoms with Crippen LogP contribution in [-0.4, -0.2) is 25.7 Å². The summed E-state index contributed by atoms with van der Waals surface area (Å²) in [5.41, 5.74) is 2.36. The number of fused-ring (bicyclic) bond motifs is 1. The Balaban J connectivity index is 1.82. The number of methoxy groups -OCH3 is 1. The van der Waals surface area contributed by atoms with E-state index >= 15 is 0 Å². The fourth-order valence-electron chi connectivity index (χ4n) is 3.08. The van der Waals surface area contributed by atoms with Crippen LogP contribution in [0.15, 0.2) is 52.9 Å². The summed E-state index contributed by atoms with van der Waals surface area (Å²) in [7, 11) is 1.33. The first kappa shape index (κ1) is 22.4. The molecule has 0 bridgehead atoms. The zero-order valence-corrected chi connectivity index (χ0v) is 18.6. The molecule has 164 valence electrons. The molecule has 0 amide bonds. The van der Waals surface area contributed by atoms with Crippen LogP contribution in [0.25, 0.3) is 11.0 Å². The van der Waals surface area contributed by atoms with Gasteiger partial charge in [0.15, 0.2) is 6.10 Å². The number of furan rings is 1. The Morgan fingerprint density at radius 3 is 2.35 bits per heavy atom. The molecular weight excluding hydrogens is 396 g/mol. The topological polar surface area (TPSA) is 75.0 Å². The SMILES string of the molecule is CCC(=O)OC(COc1ccc(C(=O)OC)cc1)c1cc2cc(C(C)(C)C)ccc2o1. The van der Waals surface area contributed by atoms with Gasteiger partial charge < -0.3 is 18.6 Å². The minimum absolute atomic E-state index is 0.0131. The molecule has 0 aliphatic heterocycles. The van der Waals surface area contributed by atoms with Gasteiger partial charge in [0.2, 0.25) is 0 Å². The Morgan fingerprint density at radius 2 is 1.74 bits per heavy atom. The minimum Gasteiger partial charge on any atom is -0.489 e. The number of esters is 2. The molecule has 3 rings (SSSR count). The van der Waals surface area contributed by atoms with Crippen LogP contribution in [0.4, 0.5) is 0 Å². The van der Waals surface area contributed by atoms with Gasteiger partial charge in [-0.3, -0.25) is 4.79 Å². The van der Waals surface area contributed by atoms with Gasteiger partial charge in [-0.2, -0.15) is 0 Å². The van der Waals surface area contributed by atoms with Gasteiger partial charge in [0, 0.05) is 11.8 Å². The summed E-state index contributed by atoms with van der Waals surface area (Å²) in [6.07, 6.45) is -0.447. The van der Waals surface area contributed by atoms with E-state index in [1.54, 1.807) is 31.2 Å². The third kappa shape index (κ3) is 5.45. The van der Waals surface area contributed by atoms with Crippen molar-refractivity contribution in [2.45, 2.75) is 45.6 Å². The van der Waals surface area contributed by atoms with E-state index in [4.69, 9.17) is 18.6 Å². The Morgan fingerprint density at radius 1 is 1.03 bits per heavy atom. The average molecular weight is 424 g/mol. The molecule has 0 saturated heterocycles. The second-order valence-corrected chi connectivity index (χ2v) is 8.31. The van der Waals surface area contributed by atoms with Crippen LogP contribution in [0, 0.1) is 0 Å². The number of ether oxygens (including phenoxy) is 3. The molecule has 0 spiro atoms. The van der Waals surface area contributed by atoms with Gasteiger partial charge in [0.05, 0.1) is 12.7 Å². The third-order valence-electron chi connectivity index (χ3n) is 4.96. The molecule has 31 heavy (non-hydrogen) atoms. The third-order valence-corrected chi connectivity index (χ3v) is 4.96. The lowest BCUT2D eigenvalue weighted by Crippen LogP contribution is -2.17. The van der Waals surface area contributed by atoms with Crippen LogP contribution in [0.1, 0.15) is 61.9 Å². The summed E-state index contributed by atoms with van der Waals surface area (Å²) in [6.45, 7) is 8.27. The maximum atomic E-state index is 12.0. The zero-order chi connectivity index (χ0) is 22.6. The second-order valence-electron chi connectivity index (χ2n) is 8.31. The summed E-state index contributed by atoms with van der Waals surface area (Å²) in [5.74, 6) is 0.300. The van der Waals surface area contributed by atoms with Crippen LogP contribution in [0.3, 0.4) is 0 Å². The van der Waals surface area contributed by atoms with Gasteiger partial charge in [-0.15, -0.1) is 0 Å². The van der Waals surface area contributed by atoms with Gasteiger partial charge in [-0.1, -0.05) is 33.8 Å². The zero-order valence-electron chi connectivity index (χ0n) is 18.6. The van der Waals surface area contributed by atoms with Crippen molar-refractivity contribution >= 4 is 22.9 Å². The van der Waals surface area contributed by atoms with Gasteiger partial charge in [-0.05, 0) is 53.4 Å². The molecule has 0 radical (unpaired) electrons. The fourth-order valence-corrected chi connectivity index (χ4v) is 3.08. The molecule has 6 heteroatoms. The molecule has 0 aliphatic carbocycles. The molecule has 0 N–H and O–H groups in total. The fraction of sp³-hybridized carbons (Fsp3) is 0.360. The van der Waals surface area contributed by atoms with Crippen LogP contribution in [-0.2, 0) is 19.7 Å². The van der Waals surface area contributed by atoms with E-state index in [-0.39, 0.29) is 24.4 Å². The lowest BCUT2D eigenvalue weighted by Gasteiger charge is -2.18. The maximum Gasteiger partial charge on any atom is 0.337 e. The second kappa shape index (κ2) is 9.25. The van der Waals surface area contributed by atoms with E-state index in [1.165, 1.54) is 12.7 Å². The quantitative estimate of drug-likeness (QED) is 0.460. The average Bonchev–Trinajstić information content (AvgIpc) is 3.19. The highest BCUT2D eigenvalue weighted by Crippen LogP contribution is 2.31. The summed E-state index contributed by atoms with van der Waals surface area (Å²) in [6, 6.07) is 14.5. The normalized spacial score (nSPS) is 12.4. The summed E-state index contributed by atoms with van der Waals surface area (Å²) in [4.78, 5) is 23.6. The molecule has 1 atom stereocenters. The highest BCUT2D eigenvalue weighted by Gasteiger charge is 2.23. The van der Waals surface area contributed by atoms with Crippen LogP contribution >= 0.6 is 0 Å². The molecule has 0 aliphatic rings. The van der Waals surface area contributed by atoms with Gasteiger partial charge >= 0.3 is 11.9 Å². The molecule has 2 aromatic carbocycles. The number of hydrogen-bond acceptors (Lipinski definition) is 6.